The molecule has 18 heavy (non-hydrogen) atoms. The topological polar surface area (TPSA) is 83.5 Å². The van der Waals surface area contributed by atoms with E-state index >= 15 is 0 Å². The van der Waals surface area contributed by atoms with Gasteiger partial charge in [-0.3, -0.25) is 0 Å². The fourth-order valence-electron chi connectivity index (χ4n) is 1.30. The molecule has 0 unspecified atom stereocenters. The Morgan fingerprint density at radius 3 is 2.67 bits per heavy atom. The minimum atomic E-state index is -3.68. The Balaban J connectivity index is 3.07. The Kier molecular flexibility index (Phi) is 5.30. The Morgan fingerprint density at radius 2 is 2.11 bits per heavy atom. The van der Waals surface area contributed by atoms with Crippen LogP contribution in [0.3, 0.4) is 0 Å². The van der Waals surface area contributed by atoms with Crippen LogP contribution in [0, 0.1) is 0 Å². The first-order valence-electron chi connectivity index (χ1n) is 5.41. The van der Waals surface area contributed by atoms with E-state index < -0.39 is 16.0 Å². The molecule has 0 spiro atoms. The number of unbranched alkanes of at least 4 members (excludes halogenated alkanes) is 1. The maximum Gasteiger partial charge on any atom is 0.335 e. The molecular formula is C11H14BrNO4S. The summed E-state index contributed by atoms with van der Waals surface area (Å²) >= 11 is 3.11. The van der Waals surface area contributed by atoms with Gasteiger partial charge in [-0.2, -0.15) is 0 Å². The highest BCUT2D eigenvalue weighted by atomic mass is 79.9. The minimum Gasteiger partial charge on any atom is -0.478 e. The predicted molar refractivity (Wildman–Crippen MR) is 71.2 cm³/mol. The first-order valence-corrected chi connectivity index (χ1v) is 7.68. The molecule has 1 rings (SSSR count). The van der Waals surface area contributed by atoms with E-state index in [2.05, 4.69) is 20.7 Å². The standard InChI is InChI=1S/C11H14BrNO4S/c1-2-3-6-13-18(16,17)10-7-8(11(14)15)4-5-9(10)12/h4-5,7,13H,2-3,6H2,1H3,(H,14,15). The number of benzene rings is 1. The molecule has 7 heteroatoms. The van der Waals surface area contributed by atoms with Crippen molar-refractivity contribution in [2.45, 2.75) is 24.7 Å². The molecule has 2 N–H and O–H groups in total. The highest BCUT2D eigenvalue weighted by Crippen LogP contribution is 2.23. The van der Waals surface area contributed by atoms with E-state index in [1.807, 2.05) is 6.92 Å². The lowest BCUT2D eigenvalue weighted by Crippen LogP contribution is -2.25. The number of sulfonamides is 1. The number of carbonyl (C=O) groups is 1. The summed E-state index contributed by atoms with van der Waals surface area (Å²) in [6, 6.07) is 3.90. The molecule has 0 aliphatic rings. The van der Waals surface area contributed by atoms with E-state index in [0.29, 0.717) is 11.0 Å². The number of nitrogens with one attached hydrogen (secondary N) is 1. The fraction of sp³-hybridized carbons (Fsp3) is 0.364. The van der Waals surface area contributed by atoms with Crippen molar-refractivity contribution in [2.75, 3.05) is 6.54 Å². The maximum absolute atomic E-state index is 12.0. The Bertz CT molecular complexity index is 542. The second kappa shape index (κ2) is 6.31. The van der Waals surface area contributed by atoms with Crippen molar-refractivity contribution in [1.29, 1.82) is 0 Å². The van der Waals surface area contributed by atoms with Crippen LogP contribution >= 0.6 is 15.9 Å². The summed E-state index contributed by atoms with van der Waals surface area (Å²) in [5, 5.41) is 8.85. The lowest BCUT2D eigenvalue weighted by Gasteiger charge is -2.08. The summed E-state index contributed by atoms with van der Waals surface area (Å²) in [5.41, 5.74) is -0.0610. The summed E-state index contributed by atoms with van der Waals surface area (Å²) in [4.78, 5) is 10.8. The number of halogens is 1. The zero-order valence-electron chi connectivity index (χ0n) is 9.81. The Morgan fingerprint density at radius 1 is 1.44 bits per heavy atom. The second-order valence-corrected chi connectivity index (χ2v) is 6.29. The van der Waals surface area contributed by atoms with Crippen molar-refractivity contribution >= 4 is 31.9 Å². The molecule has 1 aromatic rings. The van der Waals surface area contributed by atoms with Crippen molar-refractivity contribution in [3.63, 3.8) is 0 Å². The largest absolute Gasteiger partial charge is 0.478 e. The van der Waals surface area contributed by atoms with Gasteiger partial charge in [-0.15, -0.1) is 0 Å². The molecule has 0 amide bonds. The van der Waals surface area contributed by atoms with E-state index in [0.717, 1.165) is 18.9 Å². The molecule has 0 heterocycles. The third-order valence-electron chi connectivity index (χ3n) is 2.29. The highest BCUT2D eigenvalue weighted by Gasteiger charge is 2.19. The number of carboxylic acids is 1. The second-order valence-electron chi connectivity index (χ2n) is 3.70. The van der Waals surface area contributed by atoms with E-state index in [1.165, 1.54) is 12.1 Å². The normalized spacial score (nSPS) is 11.4. The number of aromatic carboxylic acids is 1. The van der Waals surface area contributed by atoms with Crippen LogP contribution in [0.4, 0.5) is 0 Å². The van der Waals surface area contributed by atoms with Gasteiger partial charge in [-0.1, -0.05) is 13.3 Å². The van der Waals surface area contributed by atoms with E-state index in [1.54, 1.807) is 0 Å². The highest BCUT2D eigenvalue weighted by molar-refractivity contribution is 9.10. The molecule has 0 atom stereocenters. The molecule has 5 nitrogen and oxygen atoms in total. The molecule has 0 bridgehead atoms. The average Bonchev–Trinajstić information content (AvgIpc) is 2.29. The zero-order valence-corrected chi connectivity index (χ0v) is 12.2. The fourth-order valence-corrected chi connectivity index (χ4v) is 3.36. The molecule has 0 aliphatic heterocycles. The van der Waals surface area contributed by atoms with Crippen LogP contribution in [-0.4, -0.2) is 26.0 Å². The van der Waals surface area contributed by atoms with Gasteiger partial charge in [0.25, 0.3) is 0 Å². The smallest absolute Gasteiger partial charge is 0.335 e. The third-order valence-corrected chi connectivity index (χ3v) is 4.74. The van der Waals surface area contributed by atoms with Crippen LogP contribution in [0.25, 0.3) is 0 Å². The summed E-state index contributed by atoms with van der Waals surface area (Å²) in [5.74, 6) is -1.16. The molecule has 0 saturated heterocycles. The van der Waals surface area contributed by atoms with Crippen LogP contribution < -0.4 is 4.72 Å². The zero-order chi connectivity index (χ0) is 13.8. The molecular weight excluding hydrogens is 322 g/mol. The molecule has 100 valence electrons. The predicted octanol–water partition coefficient (Wildman–Crippen LogP) is 2.23. The number of rotatable bonds is 6. The van der Waals surface area contributed by atoms with Gasteiger partial charge in [0, 0.05) is 11.0 Å². The molecule has 1 aromatic carbocycles. The van der Waals surface area contributed by atoms with Gasteiger partial charge < -0.3 is 5.11 Å². The molecule has 0 fully saturated rings. The summed E-state index contributed by atoms with van der Waals surface area (Å²) in [7, 11) is -3.68. The average molecular weight is 336 g/mol. The van der Waals surface area contributed by atoms with E-state index in [9.17, 15) is 13.2 Å². The van der Waals surface area contributed by atoms with Crippen molar-refractivity contribution in [2.24, 2.45) is 0 Å². The number of hydrogen-bond donors (Lipinski definition) is 2. The van der Waals surface area contributed by atoms with Crippen LogP contribution in [0.15, 0.2) is 27.6 Å². The quantitative estimate of drug-likeness (QED) is 0.781. The first-order chi connectivity index (χ1) is 8.38. The van der Waals surface area contributed by atoms with Gasteiger partial charge in [-0.25, -0.2) is 17.9 Å². The molecule has 0 aromatic heterocycles. The minimum absolute atomic E-state index is 0.0569. The third kappa shape index (κ3) is 3.79. The van der Waals surface area contributed by atoms with Crippen LogP contribution in [-0.2, 0) is 10.0 Å². The lowest BCUT2D eigenvalue weighted by atomic mass is 10.2. The monoisotopic (exact) mass is 335 g/mol. The van der Waals surface area contributed by atoms with Gasteiger partial charge in [0.1, 0.15) is 0 Å². The van der Waals surface area contributed by atoms with Gasteiger partial charge in [0.05, 0.1) is 10.5 Å². The SMILES string of the molecule is CCCCNS(=O)(=O)c1cc(C(=O)O)ccc1Br. The van der Waals surface area contributed by atoms with Crippen molar-refractivity contribution in [1.82, 2.24) is 4.72 Å². The summed E-state index contributed by atoms with van der Waals surface area (Å²) < 4.78 is 26.7. The van der Waals surface area contributed by atoms with Crippen molar-refractivity contribution < 1.29 is 18.3 Å². The van der Waals surface area contributed by atoms with Crippen LogP contribution in [0.1, 0.15) is 30.1 Å². The van der Waals surface area contributed by atoms with Gasteiger partial charge >= 0.3 is 5.97 Å². The number of hydrogen-bond acceptors (Lipinski definition) is 3. The Labute approximate surface area is 114 Å². The molecule has 0 radical (unpaired) electrons. The molecule has 0 saturated carbocycles. The maximum atomic E-state index is 12.0. The lowest BCUT2D eigenvalue weighted by molar-refractivity contribution is 0.0696. The van der Waals surface area contributed by atoms with E-state index in [4.69, 9.17) is 5.11 Å². The van der Waals surface area contributed by atoms with Crippen LogP contribution in [0.2, 0.25) is 0 Å². The Hall–Kier alpha value is -0.920. The van der Waals surface area contributed by atoms with Crippen molar-refractivity contribution in [3.05, 3.63) is 28.2 Å². The van der Waals surface area contributed by atoms with Gasteiger partial charge in [0.2, 0.25) is 10.0 Å². The first kappa shape index (κ1) is 15.1. The van der Waals surface area contributed by atoms with Gasteiger partial charge in [-0.05, 0) is 40.5 Å². The van der Waals surface area contributed by atoms with Crippen molar-refractivity contribution in [3.8, 4) is 0 Å². The summed E-state index contributed by atoms with van der Waals surface area (Å²) in [6.45, 7) is 2.29. The number of carboxylic acid groups (broad SMARTS) is 1. The molecule has 0 aliphatic carbocycles. The van der Waals surface area contributed by atoms with E-state index in [-0.39, 0.29) is 10.5 Å². The summed E-state index contributed by atoms with van der Waals surface area (Å²) in [6.07, 6.45) is 1.61. The van der Waals surface area contributed by atoms with Gasteiger partial charge in [0.15, 0.2) is 0 Å². The van der Waals surface area contributed by atoms with Crippen LogP contribution in [0.5, 0.6) is 0 Å².